The number of carbonyl (C=O) groups excluding carboxylic acids is 6. The molecular formula is C39H43ClN10O10S. The molecule has 0 fully saturated rings. The Hall–Kier alpha value is -6.87. The maximum Gasteiger partial charge on any atom is 0.419 e. The lowest BCUT2D eigenvalue weighted by atomic mass is 10.0. The number of sulfonamides is 1. The standard InChI is InChI=1S/C39H43ClN10O10S/c1-8-61(57,58)46-36(55)43-25-12-9-22(10-13-25)17-28(45-34(53)33(52)44-27-20-24(40)11-15-30(27)49-21-41-47-48-49)32(51)42-26-14-16-29-23(18-26)19-31(35(54)59-38(2,3)4)50(29)37(56)60-39(5,6)7/h9-16,18-21,28H,8,17H2,1-7H3,(H,42,51)(H,44,52)(H,45,53)(H2,43,46,55)/t28-/m0/s1. The second-order valence-electron chi connectivity index (χ2n) is 15.4. The van der Waals surface area contributed by atoms with E-state index in [0.717, 1.165) is 4.57 Å². The maximum atomic E-state index is 14.0. The minimum absolute atomic E-state index is 0.0807. The highest BCUT2D eigenvalue weighted by molar-refractivity contribution is 7.90. The fourth-order valence-corrected chi connectivity index (χ4v) is 6.18. The molecule has 2 aromatic heterocycles. The number of fused-ring (bicyclic) bond motifs is 1. The molecule has 5 rings (SSSR count). The highest BCUT2D eigenvalue weighted by atomic mass is 35.5. The number of hydrogen-bond acceptors (Lipinski definition) is 13. The van der Waals surface area contributed by atoms with Crippen molar-refractivity contribution in [2.45, 2.75) is 72.1 Å². The lowest BCUT2D eigenvalue weighted by molar-refractivity contribution is -0.137. The largest absolute Gasteiger partial charge is 0.455 e. The fraction of sp³-hybridized carbons (Fsp3) is 0.308. The third-order valence-corrected chi connectivity index (χ3v) is 9.66. The van der Waals surface area contributed by atoms with Gasteiger partial charge in [-0.05, 0) is 119 Å². The summed E-state index contributed by atoms with van der Waals surface area (Å²) in [6.45, 7) is 11.4. The van der Waals surface area contributed by atoms with Crippen LogP contribution in [0.25, 0.3) is 16.6 Å². The lowest BCUT2D eigenvalue weighted by Gasteiger charge is -2.22. The molecule has 5 aromatic rings. The molecule has 0 spiro atoms. The molecule has 0 aliphatic heterocycles. The first-order chi connectivity index (χ1) is 28.5. The molecule has 5 N–H and O–H groups in total. The van der Waals surface area contributed by atoms with Gasteiger partial charge in [-0.3, -0.25) is 14.4 Å². The van der Waals surface area contributed by atoms with Gasteiger partial charge in [0.05, 0.1) is 22.6 Å². The van der Waals surface area contributed by atoms with E-state index in [-0.39, 0.29) is 51.2 Å². The first-order valence-electron chi connectivity index (χ1n) is 18.5. The molecule has 20 nitrogen and oxygen atoms in total. The monoisotopic (exact) mass is 878 g/mol. The van der Waals surface area contributed by atoms with E-state index in [1.54, 1.807) is 41.5 Å². The van der Waals surface area contributed by atoms with Crippen LogP contribution in [0.2, 0.25) is 5.02 Å². The molecule has 0 aliphatic carbocycles. The van der Waals surface area contributed by atoms with E-state index in [1.807, 2.05) is 4.72 Å². The summed E-state index contributed by atoms with van der Waals surface area (Å²) in [7, 11) is -3.83. The van der Waals surface area contributed by atoms with Crippen LogP contribution in [0.3, 0.4) is 0 Å². The summed E-state index contributed by atoms with van der Waals surface area (Å²) in [5.41, 5.74) is -0.424. The number of nitrogens with zero attached hydrogens (tertiary/aromatic N) is 5. The number of hydrogen-bond donors (Lipinski definition) is 5. The van der Waals surface area contributed by atoms with Crippen molar-refractivity contribution < 1.29 is 46.7 Å². The van der Waals surface area contributed by atoms with Crippen LogP contribution >= 0.6 is 11.6 Å². The zero-order valence-electron chi connectivity index (χ0n) is 34.0. The van der Waals surface area contributed by atoms with E-state index in [0.29, 0.717) is 10.9 Å². The number of tetrazole rings is 1. The van der Waals surface area contributed by atoms with Crippen LogP contribution < -0.4 is 26.0 Å². The highest BCUT2D eigenvalue weighted by Crippen LogP contribution is 2.28. The molecule has 1 atom stereocenters. The van der Waals surface area contributed by atoms with Crippen molar-refractivity contribution in [3.8, 4) is 5.69 Å². The summed E-state index contributed by atoms with van der Waals surface area (Å²) in [6.07, 6.45) is 0.244. The molecule has 5 amide bonds. The van der Waals surface area contributed by atoms with E-state index in [9.17, 15) is 37.2 Å². The zero-order valence-corrected chi connectivity index (χ0v) is 35.6. The number of halogens is 1. The number of benzene rings is 3. The molecule has 0 radical (unpaired) electrons. The van der Waals surface area contributed by atoms with Gasteiger partial charge in [0.15, 0.2) is 0 Å². The summed E-state index contributed by atoms with van der Waals surface area (Å²) < 4.78 is 38.9. The Morgan fingerprint density at radius 1 is 0.803 bits per heavy atom. The summed E-state index contributed by atoms with van der Waals surface area (Å²) in [4.78, 5) is 79.7. The Balaban J connectivity index is 1.43. The third-order valence-electron chi connectivity index (χ3n) is 8.16. The molecule has 0 saturated heterocycles. The molecule has 0 unspecified atom stereocenters. The van der Waals surface area contributed by atoms with E-state index >= 15 is 0 Å². The van der Waals surface area contributed by atoms with Gasteiger partial charge in [-0.1, -0.05) is 23.7 Å². The van der Waals surface area contributed by atoms with Gasteiger partial charge in [0.25, 0.3) is 0 Å². The van der Waals surface area contributed by atoms with Crippen molar-refractivity contribution in [2.75, 3.05) is 21.7 Å². The number of aromatic nitrogens is 5. The van der Waals surface area contributed by atoms with Crippen molar-refractivity contribution in [3.63, 3.8) is 0 Å². The lowest BCUT2D eigenvalue weighted by Crippen LogP contribution is -2.49. The number of ether oxygens (including phenoxy) is 2. The minimum Gasteiger partial charge on any atom is -0.455 e. The van der Waals surface area contributed by atoms with Crippen molar-refractivity contribution in [3.05, 3.63) is 89.3 Å². The van der Waals surface area contributed by atoms with Gasteiger partial charge in [0.1, 0.15) is 29.3 Å². The average molecular weight is 879 g/mol. The molecular weight excluding hydrogens is 836 g/mol. The first-order valence-corrected chi connectivity index (χ1v) is 20.5. The molecule has 0 bridgehead atoms. The Bertz CT molecular complexity index is 2600. The van der Waals surface area contributed by atoms with E-state index in [1.165, 1.54) is 84.7 Å². The number of rotatable bonds is 11. The SMILES string of the molecule is CCS(=O)(=O)NC(=O)Nc1ccc(C[C@H](NC(=O)C(=O)Nc2cc(Cl)ccc2-n2cnnn2)C(=O)Nc2ccc3c(c2)cc(C(=O)OC(C)(C)C)n3C(=O)OC(C)(C)C)cc1. The molecule has 2 heterocycles. The third kappa shape index (κ3) is 12.3. The van der Waals surface area contributed by atoms with Crippen molar-refractivity contribution in [1.29, 1.82) is 0 Å². The molecule has 22 heteroatoms. The number of urea groups is 1. The molecule has 61 heavy (non-hydrogen) atoms. The molecule has 3 aromatic carbocycles. The quantitative estimate of drug-likeness (QED) is 0.0885. The summed E-state index contributed by atoms with van der Waals surface area (Å²) >= 11 is 6.17. The van der Waals surface area contributed by atoms with E-state index < -0.39 is 63.1 Å². The van der Waals surface area contributed by atoms with Crippen molar-refractivity contribution in [1.82, 2.24) is 34.8 Å². The summed E-state index contributed by atoms with van der Waals surface area (Å²) in [5, 5.41) is 21.6. The predicted octanol–water partition coefficient (Wildman–Crippen LogP) is 4.78. The van der Waals surface area contributed by atoms with Crippen molar-refractivity contribution >= 4 is 85.4 Å². The maximum absolute atomic E-state index is 14.0. The Morgan fingerprint density at radius 2 is 1.48 bits per heavy atom. The van der Waals surface area contributed by atoms with Crippen LogP contribution in [0, 0.1) is 0 Å². The van der Waals surface area contributed by atoms with Gasteiger partial charge in [-0.2, -0.15) is 4.68 Å². The highest BCUT2D eigenvalue weighted by Gasteiger charge is 2.30. The van der Waals surface area contributed by atoms with Crippen LogP contribution in [0.5, 0.6) is 0 Å². The second kappa shape index (κ2) is 18.2. The van der Waals surface area contributed by atoms with Crippen LogP contribution in [0.1, 0.15) is 64.5 Å². The van der Waals surface area contributed by atoms with Gasteiger partial charge in [0.2, 0.25) is 15.9 Å². The van der Waals surface area contributed by atoms with E-state index in [4.69, 9.17) is 21.1 Å². The minimum atomic E-state index is -3.83. The zero-order chi connectivity index (χ0) is 44.9. The number of carbonyl (C=O) groups is 6. The topological polar surface area (TPSA) is 264 Å². The van der Waals surface area contributed by atoms with Gasteiger partial charge in [-0.15, -0.1) is 5.10 Å². The number of anilines is 3. The van der Waals surface area contributed by atoms with Crippen molar-refractivity contribution in [2.24, 2.45) is 0 Å². The van der Waals surface area contributed by atoms with Crippen LogP contribution in [0.15, 0.2) is 73.1 Å². The normalized spacial score (nSPS) is 12.2. The van der Waals surface area contributed by atoms with Crippen LogP contribution in [0.4, 0.5) is 26.7 Å². The molecule has 0 saturated carbocycles. The smallest absolute Gasteiger partial charge is 0.419 e. The van der Waals surface area contributed by atoms with Gasteiger partial charge in [-0.25, -0.2) is 32.1 Å². The first kappa shape index (κ1) is 45.2. The van der Waals surface area contributed by atoms with Crippen LogP contribution in [-0.2, 0) is 40.3 Å². The van der Waals surface area contributed by atoms with Gasteiger partial charge in [0, 0.05) is 28.2 Å². The Labute approximate surface area is 354 Å². The fourth-order valence-electron chi connectivity index (χ4n) is 5.53. The van der Waals surface area contributed by atoms with Gasteiger partial charge >= 0.3 is 29.9 Å². The van der Waals surface area contributed by atoms with Crippen LogP contribution in [-0.4, -0.2) is 92.0 Å². The van der Waals surface area contributed by atoms with E-state index in [2.05, 4.69) is 36.8 Å². The molecule has 0 aliphatic rings. The predicted molar refractivity (Wildman–Crippen MR) is 224 cm³/mol. The summed E-state index contributed by atoms with van der Waals surface area (Å²) in [5.74, 6) is -4.26. The number of esters is 1. The second-order valence-corrected chi connectivity index (χ2v) is 17.8. The Kier molecular flexibility index (Phi) is 13.5. The summed E-state index contributed by atoms with van der Waals surface area (Å²) in [6, 6.07) is 13.8. The van der Waals surface area contributed by atoms with Gasteiger partial charge < -0.3 is 30.7 Å². The Morgan fingerprint density at radius 3 is 2.10 bits per heavy atom. The number of nitrogens with one attached hydrogen (secondary N) is 5. The molecule has 322 valence electrons. The number of amides is 5. The average Bonchev–Trinajstić information content (AvgIpc) is 3.82.